The fraction of sp³-hybridized carbons (Fsp3) is 0.500. The highest BCUT2D eigenvalue weighted by atomic mass is 16.5. The maximum Gasteiger partial charge on any atom is 0.255 e. The topological polar surface area (TPSA) is 137 Å². The highest BCUT2D eigenvalue weighted by Crippen LogP contribution is 2.19. The lowest BCUT2D eigenvalue weighted by Gasteiger charge is -2.25. The number of nitrogens with zero attached hydrogens (tertiary/aromatic N) is 1. The van der Waals surface area contributed by atoms with E-state index in [4.69, 9.17) is 4.74 Å². The number of aliphatic hydroxyl groups is 1. The van der Waals surface area contributed by atoms with Gasteiger partial charge in [-0.3, -0.25) is 19.2 Å². The molecule has 1 aromatic rings. The first-order chi connectivity index (χ1) is 14.3. The van der Waals surface area contributed by atoms with Gasteiger partial charge in [0.05, 0.1) is 24.6 Å². The van der Waals surface area contributed by atoms with E-state index in [1.165, 1.54) is 11.8 Å². The molecular formula is C20H26N4O6. The van der Waals surface area contributed by atoms with E-state index in [0.29, 0.717) is 18.7 Å². The standard InChI is InChI=1S/C20H26N4O6/c1-12-18(27)21-7-9-30-16-5-3-2-4-14(16)19(28)23-15(10-17(26)22-12)20(29)24-8-6-13(25)11-24/h2-5,12-13,15,25H,6-11H2,1H3,(H,21,27)(H,22,26)(H,23,28)/t12-,13+,15-/m0/s1. The summed E-state index contributed by atoms with van der Waals surface area (Å²) < 4.78 is 5.63. The number of ether oxygens (including phenoxy) is 1. The Balaban J connectivity index is 1.86. The van der Waals surface area contributed by atoms with Crippen LogP contribution in [-0.2, 0) is 14.4 Å². The number of carbonyl (C=O) groups excluding carboxylic acids is 4. The van der Waals surface area contributed by atoms with Crippen LogP contribution in [0.2, 0.25) is 0 Å². The third-order valence-electron chi connectivity index (χ3n) is 5.03. The lowest BCUT2D eigenvalue weighted by molar-refractivity contribution is -0.135. The first-order valence-electron chi connectivity index (χ1n) is 9.91. The van der Waals surface area contributed by atoms with E-state index in [2.05, 4.69) is 16.0 Å². The highest BCUT2D eigenvalue weighted by molar-refractivity contribution is 6.01. The summed E-state index contributed by atoms with van der Waals surface area (Å²) in [5, 5.41) is 17.5. The van der Waals surface area contributed by atoms with Gasteiger partial charge in [-0.15, -0.1) is 0 Å². The van der Waals surface area contributed by atoms with Crippen LogP contribution in [0.25, 0.3) is 0 Å². The molecule has 0 aliphatic carbocycles. The van der Waals surface area contributed by atoms with Crippen LogP contribution in [0.3, 0.4) is 0 Å². The molecule has 10 heteroatoms. The second-order valence-corrected chi connectivity index (χ2v) is 7.38. The van der Waals surface area contributed by atoms with Gasteiger partial charge in [0.25, 0.3) is 5.91 Å². The molecule has 4 amide bonds. The summed E-state index contributed by atoms with van der Waals surface area (Å²) in [5.74, 6) is -1.63. The van der Waals surface area contributed by atoms with Gasteiger partial charge in [0.1, 0.15) is 24.4 Å². The number of hydrogen-bond acceptors (Lipinski definition) is 6. The number of rotatable bonds is 1. The van der Waals surface area contributed by atoms with Crippen molar-refractivity contribution in [3.8, 4) is 5.75 Å². The molecule has 0 bridgehead atoms. The number of amides is 4. The Morgan fingerprint density at radius 1 is 1.20 bits per heavy atom. The van der Waals surface area contributed by atoms with Crippen LogP contribution in [0, 0.1) is 0 Å². The average Bonchev–Trinajstić information content (AvgIpc) is 3.15. The third-order valence-corrected chi connectivity index (χ3v) is 5.03. The molecule has 0 spiro atoms. The number of fused-ring (bicyclic) bond motifs is 1. The second-order valence-electron chi connectivity index (χ2n) is 7.38. The number of hydrogen-bond donors (Lipinski definition) is 4. The summed E-state index contributed by atoms with van der Waals surface area (Å²) in [6.07, 6.45) is -0.528. The number of nitrogens with one attached hydrogen (secondary N) is 3. The van der Waals surface area contributed by atoms with Gasteiger partial charge in [0, 0.05) is 13.1 Å². The Bertz CT molecular complexity index is 829. The molecule has 162 valence electrons. The van der Waals surface area contributed by atoms with Crippen LogP contribution in [0.15, 0.2) is 24.3 Å². The largest absolute Gasteiger partial charge is 0.491 e. The molecule has 0 unspecified atom stereocenters. The summed E-state index contributed by atoms with van der Waals surface area (Å²) in [6.45, 7) is 2.34. The summed E-state index contributed by atoms with van der Waals surface area (Å²) in [4.78, 5) is 51.8. The first kappa shape index (κ1) is 21.6. The Hall–Kier alpha value is -3.14. The molecule has 0 radical (unpaired) electrons. The van der Waals surface area contributed by atoms with Gasteiger partial charge in [-0.05, 0) is 25.5 Å². The lowest BCUT2D eigenvalue weighted by Crippen LogP contribution is -2.52. The molecule has 0 aromatic heterocycles. The van der Waals surface area contributed by atoms with Crippen LogP contribution in [0.1, 0.15) is 30.1 Å². The molecule has 1 aromatic carbocycles. The van der Waals surface area contributed by atoms with E-state index in [0.717, 1.165) is 0 Å². The summed E-state index contributed by atoms with van der Waals surface area (Å²) >= 11 is 0. The molecule has 2 aliphatic heterocycles. The van der Waals surface area contributed by atoms with Crippen molar-refractivity contribution in [1.29, 1.82) is 0 Å². The van der Waals surface area contributed by atoms with Crippen molar-refractivity contribution in [2.24, 2.45) is 0 Å². The lowest BCUT2D eigenvalue weighted by atomic mass is 10.1. The molecule has 0 saturated carbocycles. The smallest absolute Gasteiger partial charge is 0.255 e. The average molecular weight is 418 g/mol. The van der Waals surface area contributed by atoms with Crippen LogP contribution in [-0.4, -0.2) is 78.1 Å². The van der Waals surface area contributed by atoms with Crippen LogP contribution < -0.4 is 20.7 Å². The van der Waals surface area contributed by atoms with Crippen molar-refractivity contribution in [1.82, 2.24) is 20.9 Å². The Labute approximate surface area is 173 Å². The molecule has 1 saturated heterocycles. The Morgan fingerprint density at radius 2 is 1.97 bits per heavy atom. The zero-order chi connectivity index (χ0) is 21.7. The van der Waals surface area contributed by atoms with Gasteiger partial charge in [0.15, 0.2) is 0 Å². The minimum absolute atomic E-state index is 0.130. The number of carbonyl (C=O) groups is 4. The fourth-order valence-corrected chi connectivity index (χ4v) is 3.42. The van der Waals surface area contributed by atoms with Crippen molar-refractivity contribution >= 4 is 23.6 Å². The molecule has 10 nitrogen and oxygen atoms in total. The molecule has 3 atom stereocenters. The van der Waals surface area contributed by atoms with E-state index in [9.17, 15) is 24.3 Å². The van der Waals surface area contributed by atoms with Crippen LogP contribution >= 0.6 is 0 Å². The first-order valence-corrected chi connectivity index (χ1v) is 9.91. The molecule has 4 N–H and O–H groups in total. The molecule has 3 rings (SSSR count). The highest BCUT2D eigenvalue weighted by Gasteiger charge is 2.33. The minimum atomic E-state index is -1.14. The number of likely N-dealkylation sites (tertiary alicyclic amines) is 1. The second kappa shape index (κ2) is 9.57. The van der Waals surface area contributed by atoms with Crippen molar-refractivity contribution in [2.45, 2.75) is 38.0 Å². The van der Waals surface area contributed by atoms with Crippen molar-refractivity contribution in [3.05, 3.63) is 29.8 Å². The predicted molar refractivity (Wildman–Crippen MR) is 106 cm³/mol. The van der Waals surface area contributed by atoms with E-state index >= 15 is 0 Å². The zero-order valence-corrected chi connectivity index (χ0v) is 16.7. The van der Waals surface area contributed by atoms with Gasteiger partial charge in [-0.25, -0.2) is 0 Å². The SMILES string of the molecule is C[C@@H]1NC(=O)C[C@@H](C(=O)N2CC[C@@H](O)C2)NC(=O)c2ccccc2OCCNC1=O. The van der Waals surface area contributed by atoms with Gasteiger partial charge in [-0.1, -0.05) is 12.1 Å². The number of aliphatic hydroxyl groups excluding tert-OH is 1. The molecule has 2 aliphatic rings. The van der Waals surface area contributed by atoms with Gasteiger partial charge >= 0.3 is 0 Å². The van der Waals surface area contributed by atoms with Gasteiger partial charge < -0.3 is 30.7 Å². The molecule has 2 heterocycles. The Kier molecular flexibility index (Phi) is 6.88. The summed E-state index contributed by atoms with van der Waals surface area (Å²) in [7, 11) is 0. The van der Waals surface area contributed by atoms with Crippen LogP contribution in [0.5, 0.6) is 5.75 Å². The molecule has 1 fully saturated rings. The third kappa shape index (κ3) is 5.26. The number of para-hydroxylation sites is 1. The predicted octanol–water partition coefficient (Wildman–Crippen LogP) is -1.22. The maximum absolute atomic E-state index is 12.9. The zero-order valence-electron chi connectivity index (χ0n) is 16.7. The maximum atomic E-state index is 12.9. The quantitative estimate of drug-likeness (QED) is 0.451. The van der Waals surface area contributed by atoms with E-state index in [1.54, 1.807) is 24.3 Å². The minimum Gasteiger partial charge on any atom is -0.491 e. The summed E-state index contributed by atoms with van der Waals surface area (Å²) in [6, 6.07) is 4.58. The van der Waals surface area contributed by atoms with Crippen molar-refractivity contribution < 1.29 is 29.0 Å². The van der Waals surface area contributed by atoms with Gasteiger partial charge in [0.2, 0.25) is 17.7 Å². The summed E-state index contributed by atoms with van der Waals surface area (Å²) in [5.41, 5.74) is 0.217. The van der Waals surface area contributed by atoms with Crippen molar-refractivity contribution in [2.75, 3.05) is 26.2 Å². The fourth-order valence-electron chi connectivity index (χ4n) is 3.42. The normalized spacial score (nSPS) is 25.9. The van der Waals surface area contributed by atoms with E-state index in [-0.39, 0.29) is 37.6 Å². The molecule has 30 heavy (non-hydrogen) atoms. The number of benzene rings is 1. The van der Waals surface area contributed by atoms with E-state index < -0.39 is 35.9 Å². The number of β-amino-alcohol motifs (C(OH)–C–C–N with tert-alkyl or cyclic N) is 1. The Morgan fingerprint density at radius 3 is 2.70 bits per heavy atom. The monoisotopic (exact) mass is 418 g/mol. The van der Waals surface area contributed by atoms with Gasteiger partial charge in [-0.2, -0.15) is 0 Å². The van der Waals surface area contributed by atoms with E-state index in [1.807, 2.05) is 0 Å². The van der Waals surface area contributed by atoms with Crippen LogP contribution in [0.4, 0.5) is 0 Å². The molecular weight excluding hydrogens is 392 g/mol. The van der Waals surface area contributed by atoms with Crippen molar-refractivity contribution in [3.63, 3.8) is 0 Å².